The van der Waals surface area contributed by atoms with Crippen molar-refractivity contribution in [2.75, 3.05) is 6.54 Å². The zero-order valence-corrected chi connectivity index (χ0v) is 13.7. The van der Waals surface area contributed by atoms with Gasteiger partial charge in [0, 0.05) is 18.4 Å². The summed E-state index contributed by atoms with van der Waals surface area (Å²) in [6, 6.07) is -0.755. The number of hydrogen-bond acceptors (Lipinski definition) is 5. The maximum atomic E-state index is 13.1. The number of carbonyl (C=O) groups is 1. The minimum atomic E-state index is -2.78. The summed E-state index contributed by atoms with van der Waals surface area (Å²) in [5.41, 5.74) is 0. The predicted octanol–water partition coefficient (Wildman–Crippen LogP) is 1.94. The second-order valence-corrected chi connectivity index (χ2v) is 6.23. The number of nitrogens with zero attached hydrogens (tertiary/aromatic N) is 2. The molecule has 1 aromatic rings. The van der Waals surface area contributed by atoms with Gasteiger partial charge in [-0.2, -0.15) is 4.98 Å². The molecule has 1 atom stereocenters. The summed E-state index contributed by atoms with van der Waals surface area (Å²) in [6.07, 6.45) is 2.86. The van der Waals surface area contributed by atoms with E-state index in [1.54, 1.807) is 6.92 Å². The Morgan fingerprint density at radius 2 is 2.04 bits per heavy atom. The van der Waals surface area contributed by atoms with Gasteiger partial charge in [-0.15, -0.1) is 12.4 Å². The first-order valence-electron chi connectivity index (χ1n) is 7.65. The van der Waals surface area contributed by atoms with E-state index in [0.29, 0.717) is 11.7 Å². The lowest BCUT2D eigenvalue weighted by Gasteiger charge is -2.28. The highest BCUT2D eigenvalue weighted by atomic mass is 35.5. The maximum Gasteiger partial charge on any atom is 0.262 e. The van der Waals surface area contributed by atoms with Crippen LogP contribution in [-0.2, 0) is 4.79 Å². The van der Waals surface area contributed by atoms with Gasteiger partial charge in [-0.25, -0.2) is 8.78 Å². The second-order valence-electron chi connectivity index (χ2n) is 6.23. The third kappa shape index (κ3) is 4.38. The normalized spacial score (nSPS) is 29.8. The minimum Gasteiger partial charge on any atom is -0.352 e. The monoisotopic (exact) mass is 350 g/mol. The van der Waals surface area contributed by atoms with Crippen LogP contribution < -0.4 is 10.6 Å². The average molecular weight is 351 g/mol. The Hall–Kier alpha value is -1.28. The molecule has 23 heavy (non-hydrogen) atoms. The van der Waals surface area contributed by atoms with Gasteiger partial charge >= 0.3 is 0 Å². The Bertz CT molecular complexity index is 547. The molecule has 0 bridgehead atoms. The van der Waals surface area contributed by atoms with Crippen molar-refractivity contribution in [3.8, 4) is 0 Å². The molecule has 130 valence electrons. The molecule has 1 aliphatic carbocycles. The first-order chi connectivity index (χ1) is 10.4. The summed E-state index contributed by atoms with van der Waals surface area (Å²) < 4.78 is 31.4. The summed E-state index contributed by atoms with van der Waals surface area (Å²) in [7, 11) is 0. The van der Waals surface area contributed by atoms with Crippen LogP contribution in [0.4, 0.5) is 8.78 Å². The fourth-order valence-corrected chi connectivity index (χ4v) is 3.17. The molecule has 0 radical (unpaired) electrons. The van der Waals surface area contributed by atoms with Crippen LogP contribution in [-0.4, -0.2) is 40.6 Å². The number of aromatic nitrogens is 2. The van der Waals surface area contributed by atoms with Crippen molar-refractivity contribution in [2.45, 2.75) is 63.0 Å². The van der Waals surface area contributed by atoms with Crippen molar-refractivity contribution < 1.29 is 18.1 Å². The molecule has 9 heteroatoms. The molecular weight excluding hydrogens is 330 g/mol. The van der Waals surface area contributed by atoms with Gasteiger partial charge in [0.2, 0.25) is 11.8 Å². The van der Waals surface area contributed by atoms with Gasteiger partial charge in [-0.1, -0.05) is 5.16 Å². The first kappa shape index (κ1) is 18.1. The van der Waals surface area contributed by atoms with Gasteiger partial charge in [0.1, 0.15) is 0 Å². The molecule has 2 fully saturated rings. The van der Waals surface area contributed by atoms with Crippen molar-refractivity contribution in [1.29, 1.82) is 0 Å². The van der Waals surface area contributed by atoms with Crippen LogP contribution in [0.3, 0.4) is 0 Å². The van der Waals surface area contributed by atoms with Crippen molar-refractivity contribution in [3.05, 3.63) is 11.7 Å². The zero-order chi connectivity index (χ0) is 15.7. The summed E-state index contributed by atoms with van der Waals surface area (Å²) in [4.78, 5) is 16.2. The van der Waals surface area contributed by atoms with Crippen LogP contribution in [0.2, 0.25) is 0 Å². The zero-order valence-electron chi connectivity index (χ0n) is 12.8. The van der Waals surface area contributed by atoms with E-state index in [9.17, 15) is 13.6 Å². The highest BCUT2D eigenvalue weighted by Gasteiger charge is 2.42. The van der Waals surface area contributed by atoms with E-state index in [4.69, 9.17) is 4.52 Å². The standard InChI is InChI=1S/C14H20F2N4O2.ClH/c1-8-18-13(22-20-8)9-2-4-10(5-3-9)19-12(21)11-6-14(15,16)7-17-11;/h9-11,17H,2-7H2,1H3,(H,19,21);1H. The van der Waals surface area contributed by atoms with Crippen molar-refractivity contribution in [3.63, 3.8) is 0 Å². The fraction of sp³-hybridized carbons (Fsp3) is 0.786. The molecule has 1 saturated heterocycles. The number of aryl methyl sites for hydroxylation is 1. The molecule has 1 unspecified atom stereocenters. The van der Waals surface area contributed by atoms with Gasteiger partial charge in [-0.3, -0.25) is 10.1 Å². The molecule has 1 amide bonds. The minimum absolute atomic E-state index is 0. The number of carbonyl (C=O) groups excluding carboxylic acids is 1. The number of amides is 1. The predicted molar refractivity (Wildman–Crippen MR) is 80.8 cm³/mol. The number of alkyl halides is 2. The summed E-state index contributed by atoms with van der Waals surface area (Å²) in [5, 5.41) is 9.24. The van der Waals surface area contributed by atoms with E-state index < -0.39 is 24.9 Å². The number of nitrogens with one attached hydrogen (secondary N) is 2. The topological polar surface area (TPSA) is 80.0 Å². The first-order valence-corrected chi connectivity index (χ1v) is 7.65. The van der Waals surface area contributed by atoms with Crippen LogP contribution in [0, 0.1) is 6.92 Å². The maximum absolute atomic E-state index is 13.1. The Morgan fingerprint density at radius 3 is 2.57 bits per heavy atom. The molecule has 3 rings (SSSR count). The van der Waals surface area contributed by atoms with Crippen molar-refractivity contribution in [2.24, 2.45) is 0 Å². The Balaban J connectivity index is 0.00000192. The van der Waals surface area contributed by atoms with Gasteiger partial charge in [0.25, 0.3) is 5.92 Å². The lowest BCUT2D eigenvalue weighted by Crippen LogP contribution is -2.46. The fourth-order valence-electron chi connectivity index (χ4n) is 3.17. The van der Waals surface area contributed by atoms with E-state index in [1.165, 1.54) is 0 Å². The molecule has 2 heterocycles. The van der Waals surface area contributed by atoms with E-state index in [0.717, 1.165) is 25.7 Å². The quantitative estimate of drug-likeness (QED) is 0.870. The molecule has 1 aromatic heterocycles. The molecule has 1 aliphatic heterocycles. The molecule has 0 spiro atoms. The van der Waals surface area contributed by atoms with Crippen LogP contribution in [0.5, 0.6) is 0 Å². The second kappa shape index (κ2) is 7.09. The summed E-state index contributed by atoms with van der Waals surface area (Å²) in [6.45, 7) is 1.36. The Morgan fingerprint density at radius 1 is 1.35 bits per heavy atom. The van der Waals surface area contributed by atoms with Gasteiger partial charge in [0.15, 0.2) is 5.82 Å². The van der Waals surface area contributed by atoms with Crippen LogP contribution in [0.1, 0.15) is 49.7 Å². The van der Waals surface area contributed by atoms with Crippen molar-refractivity contribution >= 4 is 18.3 Å². The smallest absolute Gasteiger partial charge is 0.262 e. The van der Waals surface area contributed by atoms with E-state index in [1.807, 2.05) is 0 Å². The Labute approximate surface area is 139 Å². The number of rotatable bonds is 3. The van der Waals surface area contributed by atoms with Crippen LogP contribution in [0.25, 0.3) is 0 Å². The third-order valence-electron chi connectivity index (χ3n) is 4.39. The van der Waals surface area contributed by atoms with Gasteiger partial charge < -0.3 is 9.84 Å². The van der Waals surface area contributed by atoms with Crippen LogP contribution in [0.15, 0.2) is 4.52 Å². The molecular formula is C14H21ClF2N4O2. The molecule has 6 nitrogen and oxygen atoms in total. The summed E-state index contributed by atoms with van der Waals surface area (Å²) >= 11 is 0. The molecule has 1 saturated carbocycles. The largest absolute Gasteiger partial charge is 0.352 e. The third-order valence-corrected chi connectivity index (χ3v) is 4.39. The lowest BCUT2D eigenvalue weighted by atomic mass is 9.86. The van der Waals surface area contributed by atoms with Gasteiger partial charge in [-0.05, 0) is 32.6 Å². The SMILES string of the molecule is Cc1noc(C2CCC(NC(=O)C3CC(F)(F)CN3)CC2)n1.Cl. The highest BCUT2D eigenvalue weighted by Crippen LogP contribution is 2.32. The molecule has 0 aromatic carbocycles. The van der Waals surface area contributed by atoms with E-state index in [2.05, 4.69) is 20.8 Å². The van der Waals surface area contributed by atoms with E-state index >= 15 is 0 Å². The number of halogens is 3. The molecule has 2 aliphatic rings. The average Bonchev–Trinajstić information content (AvgIpc) is 3.05. The summed E-state index contributed by atoms with van der Waals surface area (Å²) in [5.74, 6) is -1.61. The van der Waals surface area contributed by atoms with Crippen molar-refractivity contribution in [1.82, 2.24) is 20.8 Å². The lowest BCUT2D eigenvalue weighted by molar-refractivity contribution is -0.124. The van der Waals surface area contributed by atoms with E-state index in [-0.39, 0.29) is 30.3 Å². The number of hydrogen-bond donors (Lipinski definition) is 2. The van der Waals surface area contributed by atoms with Crippen LogP contribution >= 0.6 is 12.4 Å². The van der Waals surface area contributed by atoms with Gasteiger partial charge in [0.05, 0.1) is 12.6 Å². The Kier molecular flexibility index (Phi) is 5.57. The molecule has 2 N–H and O–H groups in total. The highest BCUT2D eigenvalue weighted by molar-refractivity contribution is 5.85.